The molecule has 0 radical (unpaired) electrons. The number of alkyl halides is 3. The van der Waals surface area contributed by atoms with Crippen LogP contribution >= 0.6 is 0 Å². The second-order valence-electron chi connectivity index (χ2n) is 5.69. The van der Waals surface area contributed by atoms with E-state index in [2.05, 4.69) is 10.3 Å². The van der Waals surface area contributed by atoms with E-state index >= 15 is 0 Å². The number of pyridine rings is 1. The van der Waals surface area contributed by atoms with E-state index in [1.54, 1.807) is 24.3 Å². The molecular weight excluding hydrogens is 293 g/mol. The summed E-state index contributed by atoms with van der Waals surface area (Å²) in [4.78, 5) is 16.4. The molecule has 22 heavy (non-hydrogen) atoms. The van der Waals surface area contributed by atoms with Crippen molar-refractivity contribution >= 4 is 16.8 Å². The van der Waals surface area contributed by atoms with Gasteiger partial charge >= 0.3 is 6.18 Å². The number of fused-ring (bicyclic) bond motifs is 1. The van der Waals surface area contributed by atoms with Gasteiger partial charge in [0.25, 0.3) is 5.91 Å². The van der Waals surface area contributed by atoms with Gasteiger partial charge in [-0.3, -0.25) is 9.78 Å². The van der Waals surface area contributed by atoms with Crippen molar-refractivity contribution in [2.24, 2.45) is 5.92 Å². The summed E-state index contributed by atoms with van der Waals surface area (Å²) >= 11 is 0. The molecule has 1 saturated carbocycles. The van der Waals surface area contributed by atoms with Gasteiger partial charge in [0.1, 0.15) is 6.04 Å². The SMILES string of the molecule is Cc1ccc2cc(C(=O)NC(C3CC3)C(F)(F)F)ccc2n1. The maximum atomic E-state index is 13.0. The Morgan fingerprint density at radius 1 is 1.27 bits per heavy atom. The summed E-state index contributed by atoms with van der Waals surface area (Å²) in [5.41, 5.74) is 1.77. The van der Waals surface area contributed by atoms with Crippen LogP contribution in [0.2, 0.25) is 0 Å². The number of hydrogen-bond acceptors (Lipinski definition) is 2. The number of benzene rings is 1. The van der Waals surface area contributed by atoms with Crippen molar-refractivity contribution in [3.8, 4) is 0 Å². The summed E-state index contributed by atoms with van der Waals surface area (Å²) in [7, 11) is 0. The molecule has 1 unspecified atom stereocenters. The van der Waals surface area contributed by atoms with E-state index in [0.29, 0.717) is 18.4 Å². The predicted octanol–water partition coefficient (Wildman–Crippen LogP) is 3.61. The van der Waals surface area contributed by atoms with E-state index in [4.69, 9.17) is 0 Å². The van der Waals surface area contributed by atoms with Crippen molar-refractivity contribution in [3.63, 3.8) is 0 Å². The van der Waals surface area contributed by atoms with E-state index in [-0.39, 0.29) is 5.56 Å². The Hall–Kier alpha value is -2.11. The minimum atomic E-state index is -4.41. The molecular formula is C16H15F3N2O. The fourth-order valence-corrected chi connectivity index (χ4v) is 2.49. The summed E-state index contributed by atoms with van der Waals surface area (Å²) < 4.78 is 38.9. The fourth-order valence-electron chi connectivity index (χ4n) is 2.49. The van der Waals surface area contributed by atoms with E-state index in [0.717, 1.165) is 11.1 Å². The van der Waals surface area contributed by atoms with E-state index in [9.17, 15) is 18.0 Å². The highest BCUT2D eigenvalue weighted by Gasteiger charge is 2.49. The monoisotopic (exact) mass is 308 g/mol. The number of carbonyl (C=O) groups excluding carboxylic acids is 1. The molecule has 1 aliphatic carbocycles. The number of halogens is 3. The average molecular weight is 308 g/mol. The third-order valence-electron chi connectivity index (χ3n) is 3.82. The molecule has 1 fully saturated rings. The second kappa shape index (κ2) is 5.26. The molecule has 1 atom stereocenters. The third-order valence-corrected chi connectivity index (χ3v) is 3.82. The molecule has 6 heteroatoms. The average Bonchev–Trinajstić information content (AvgIpc) is 3.27. The molecule has 1 aliphatic rings. The van der Waals surface area contributed by atoms with Crippen LogP contribution in [0.4, 0.5) is 13.2 Å². The highest BCUT2D eigenvalue weighted by atomic mass is 19.4. The maximum Gasteiger partial charge on any atom is 0.408 e. The van der Waals surface area contributed by atoms with Crippen LogP contribution in [0.3, 0.4) is 0 Å². The lowest BCUT2D eigenvalue weighted by atomic mass is 10.1. The number of aromatic nitrogens is 1. The number of amides is 1. The fraction of sp³-hybridized carbons (Fsp3) is 0.375. The molecule has 1 heterocycles. The molecule has 3 nitrogen and oxygen atoms in total. The van der Waals surface area contributed by atoms with Gasteiger partial charge in [0.2, 0.25) is 0 Å². The van der Waals surface area contributed by atoms with Crippen LogP contribution in [0, 0.1) is 12.8 Å². The van der Waals surface area contributed by atoms with Crippen molar-refractivity contribution < 1.29 is 18.0 Å². The molecule has 1 aromatic carbocycles. The number of nitrogens with zero attached hydrogens (tertiary/aromatic N) is 1. The van der Waals surface area contributed by atoms with Gasteiger partial charge in [-0.25, -0.2) is 0 Å². The molecule has 0 spiro atoms. The molecule has 0 saturated heterocycles. The van der Waals surface area contributed by atoms with Crippen LogP contribution in [0.25, 0.3) is 10.9 Å². The van der Waals surface area contributed by atoms with Crippen molar-refractivity contribution in [2.45, 2.75) is 32.0 Å². The summed E-state index contributed by atoms with van der Waals surface area (Å²) in [5.74, 6) is -1.19. The highest BCUT2D eigenvalue weighted by Crippen LogP contribution is 2.40. The van der Waals surface area contributed by atoms with Gasteiger partial charge in [0.05, 0.1) is 5.52 Å². The standard InChI is InChI=1S/C16H15F3N2O/c1-9-2-3-11-8-12(6-7-13(11)20-9)15(22)21-14(10-4-5-10)16(17,18)19/h2-3,6-8,10,14H,4-5H2,1H3,(H,21,22). The van der Waals surface area contributed by atoms with E-state index in [1.807, 2.05) is 6.92 Å². The minimum absolute atomic E-state index is 0.216. The quantitative estimate of drug-likeness (QED) is 0.941. The van der Waals surface area contributed by atoms with Gasteiger partial charge < -0.3 is 5.32 Å². The van der Waals surface area contributed by atoms with Crippen LogP contribution in [0.5, 0.6) is 0 Å². The van der Waals surface area contributed by atoms with Crippen LogP contribution < -0.4 is 5.32 Å². The Labute approximate surface area is 125 Å². The molecule has 0 bridgehead atoms. The lowest BCUT2D eigenvalue weighted by molar-refractivity contribution is -0.158. The molecule has 0 aliphatic heterocycles. The Morgan fingerprint density at radius 3 is 2.64 bits per heavy atom. The van der Waals surface area contributed by atoms with Crippen LogP contribution in [-0.4, -0.2) is 23.1 Å². The minimum Gasteiger partial charge on any atom is -0.340 e. The van der Waals surface area contributed by atoms with Gasteiger partial charge in [-0.15, -0.1) is 0 Å². The normalized spacial score (nSPS) is 16.5. The van der Waals surface area contributed by atoms with Crippen LogP contribution in [0.15, 0.2) is 30.3 Å². The highest BCUT2D eigenvalue weighted by molar-refractivity contribution is 5.98. The second-order valence-corrected chi connectivity index (χ2v) is 5.69. The topological polar surface area (TPSA) is 42.0 Å². The Bertz CT molecular complexity index is 723. The van der Waals surface area contributed by atoms with Gasteiger partial charge in [0.15, 0.2) is 0 Å². The first-order valence-electron chi connectivity index (χ1n) is 7.09. The van der Waals surface area contributed by atoms with E-state index in [1.165, 1.54) is 6.07 Å². The zero-order valence-corrected chi connectivity index (χ0v) is 11.9. The smallest absolute Gasteiger partial charge is 0.340 e. The summed E-state index contributed by atoms with van der Waals surface area (Å²) in [6.07, 6.45) is -3.40. The lowest BCUT2D eigenvalue weighted by Gasteiger charge is -2.21. The Morgan fingerprint density at radius 2 is 2.00 bits per heavy atom. The van der Waals surface area contributed by atoms with Crippen molar-refractivity contribution in [1.82, 2.24) is 10.3 Å². The largest absolute Gasteiger partial charge is 0.408 e. The van der Waals surface area contributed by atoms with Gasteiger partial charge in [-0.05, 0) is 49.9 Å². The molecule has 1 amide bonds. The van der Waals surface area contributed by atoms with Crippen LogP contribution in [-0.2, 0) is 0 Å². The number of rotatable bonds is 3. The molecule has 2 aromatic rings. The molecule has 1 N–H and O–H groups in total. The maximum absolute atomic E-state index is 13.0. The predicted molar refractivity (Wildman–Crippen MR) is 76.5 cm³/mol. The van der Waals surface area contributed by atoms with Crippen molar-refractivity contribution in [1.29, 1.82) is 0 Å². The first kappa shape index (κ1) is 14.8. The van der Waals surface area contributed by atoms with Crippen molar-refractivity contribution in [2.75, 3.05) is 0 Å². The zero-order valence-electron chi connectivity index (χ0n) is 11.9. The van der Waals surface area contributed by atoms with Gasteiger partial charge in [-0.1, -0.05) is 6.07 Å². The Kier molecular flexibility index (Phi) is 3.54. The number of hydrogen-bond donors (Lipinski definition) is 1. The van der Waals surface area contributed by atoms with E-state index < -0.39 is 24.0 Å². The number of aryl methyl sites for hydroxylation is 1. The molecule has 1 aromatic heterocycles. The van der Waals surface area contributed by atoms with Crippen LogP contribution in [0.1, 0.15) is 28.9 Å². The Balaban J connectivity index is 1.84. The third kappa shape index (κ3) is 3.05. The lowest BCUT2D eigenvalue weighted by Crippen LogP contribution is -2.46. The summed E-state index contributed by atoms with van der Waals surface area (Å²) in [5, 5.41) is 2.86. The number of carbonyl (C=O) groups is 1. The molecule has 3 rings (SSSR count). The van der Waals surface area contributed by atoms with Crippen molar-refractivity contribution in [3.05, 3.63) is 41.6 Å². The van der Waals surface area contributed by atoms with Gasteiger partial charge in [0, 0.05) is 16.6 Å². The zero-order chi connectivity index (χ0) is 15.9. The summed E-state index contributed by atoms with van der Waals surface area (Å²) in [6, 6.07) is 6.56. The first-order chi connectivity index (χ1) is 10.3. The first-order valence-corrected chi connectivity index (χ1v) is 7.09. The number of nitrogens with one attached hydrogen (secondary N) is 1. The molecule has 116 valence electrons. The summed E-state index contributed by atoms with van der Waals surface area (Å²) in [6.45, 7) is 1.85. The van der Waals surface area contributed by atoms with Gasteiger partial charge in [-0.2, -0.15) is 13.2 Å².